The van der Waals surface area contributed by atoms with Gasteiger partial charge in [0, 0.05) is 11.5 Å². The standard InChI is InChI=1S/C18H14F6N2O3S/c1-2-29-9-26(16(27)15-11(19)4-3-5-12(15)20)17(28)25-14-7-6-10(8-13(14)21)30-18(22,23)24/h3-8H,2,9H2,1H3,(H,25,28). The molecule has 0 bridgehead atoms. The number of anilines is 1. The number of carbonyl (C=O) groups excluding carboxylic acids is 2. The summed E-state index contributed by atoms with van der Waals surface area (Å²) in [6.45, 7) is 0.855. The van der Waals surface area contributed by atoms with E-state index in [0.29, 0.717) is 11.0 Å². The van der Waals surface area contributed by atoms with Crippen LogP contribution in [-0.2, 0) is 4.74 Å². The van der Waals surface area contributed by atoms with Crippen molar-refractivity contribution in [2.24, 2.45) is 0 Å². The van der Waals surface area contributed by atoms with Gasteiger partial charge in [0.2, 0.25) is 0 Å². The van der Waals surface area contributed by atoms with Crippen LogP contribution in [0.15, 0.2) is 41.3 Å². The summed E-state index contributed by atoms with van der Waals surface area (Å²) in [5.41, 5.74) is -6.21. The first-order valence-corrected chi connectivity index (χ1v) is 9.05. The highest BCUT2D eigenvalue weighted by Crippen LogP contribution is 2.37. The number of hydrogen-bond acceptors (Lipinski definition) is 4. The van der Waals surface area contributed by atoms with E-state index >= 15 is 0 Å². The van der Waals surface area contributed by atoms with Crippen LogP contribution in [0.2, 0.25) is 0 Å². The Kier molecular flexibility index (Phi) is 7.73. The smallest absolute Gasteiger partial charge is 0.361 e. The number of nitrogens with zero attached hydrogens (tertiary/aromatic N) is 1. The average Bonchev–Trinajstić information content (AvgIpc) is 2.63. The molecule has 0 radical (unpaired) electrons. The molecular formula is C18H14F6N2O3S. The lowest BCUT2D eigenvalue weighted by atomic mass is 10.1. The molecule has 12 heteroatoms. The van der Waals surface area contributed by atoms with Crippen LogP contribution < -0.4 is 5.32 Å². The topological polar surface area (TPSA) is 58.6 Å². The van der Waals surface area contributed by atoms with Gasteiger partial charge in [-0.2, -0.15) is 13.2 Å². The normalized spacial score (nSPS) is 11.3. The van der Waals surface area contributed by atoms with E-state index in [9.17, 15) is 35.9 Å². The SMILES string of the molecule is CCOCN(C(=O)Nc1ccc(SC(F)(F)F)cc1F)C(=O)c1c(F)cccc1F. The van der Waals surface area contributed by atoms with Gasteiger partial charge >= 0.3 is 11.5 Å². The molecule has 30 heavy (non-hydrogen) atoms. The van der Waals surface area contributed by atoms with E-state index in [4.69, 9.17) is 4.74 Å². The van der Waals surface area contributed by atoms with E-state index in [-0.39, 0.29) is 6.61 Å². The maximum absolute atomic E-state index is 14.1. The zero-order valence-corrected chi connectivity index (χ0v) is 16.0. The van der Waals surface area contributed by atoms with Crippen molar-refractivity contribution in [3.8, 4) is 0 Å². The van der Waals surface area contributed by atoms with E-state index < -0.39 is 69.5 Å². The molecule has 0 aliphatic rings. The third-order valence-electron chi connectivity index (χ3n) is 3.51. The zero-order valence-electron chi connectivity index (χ0n) is 15.2. The minimum atomic E-state index is -4.64. The number of nitrogens with one attached hydrogen (secondary N) is 1. The van der Waals surface area contributed by atoms with Gasteiger partial charge in [0.15, 0.2) is 0 Å². The van der Waals surface area contributed by atoms with Gasteiger partial charge in [0.25, 0.3) is 5.91 Å². The van der Waals surface area contributed by atoms with Crippen molar-refractivity contribution >= 4 is 29.4 Å². The number of imide groups is 1. The van der Waals surface area contributed by atoms with Crippen molar-refractivity contribution in [1.82, 2.24) is 4.90 Å². The van der Waals surface area contributed by atoms with Crippen molar-refractivity contribution < 1.29 is 40.7 Å². The molecule has 2 rings (SSSR count). The van der Waals surface area contributed by atoms with E-state index in [1.807, 2.05) is 5.32 Å². The predicted octanol–water partition coefficient (Wildman–Crippen LogP) is 5.38. The molecule has 0 spiro atoms. The predicted molar refractivity (Wildman–Crippen MR) is 96.4 cm³/mol. The van der Waals surface area contributed by atoms with Crippen LogP contribution in [0.25, 0.3) is 0 Å². The van der Waals surface area contributed by atoms with Crippen LogP contribution >= 0.6 is 11.8 Å². The molecule has 0 saturated heterocycles. The summed E-state index contributed by atoms with van der Waals surface area (Å²) in [5, 5.41) is 1.97. The minimum Gasteiger partial charge on any atom is -0.361 e. The largest absolute Gasteiger partial charge is 0.446 e. The maximum Gasteiger partial charge on any atom is 0.446 e. The molecule has 5 nitrogen and oxygen atoms in total. The number of carbonyl (C=O) groups is 2. The molecule has 0 saturated carbocycles. The van der Waals surface area contributed by atoms with Gasteiger partial charge in [-0.15, -0.1) is 0 Å². The molecule has 0 atom stereocenters. The van der Waals surface area contributed by atoms with E-state index in [1.165, 1.54) is 6.92 Å². The minimum absolute atomic E-state index is 0.0362. The molecule has 0 fully saturated rings. The zero-order chi connectivity index (χ0) is 22.5. The molecule has 0 unspecified atom stereocenters. The fraction of sp³-hybridized carbons (Fsp3) is 0.222. The molecule has 3 amide bonds. The Morgan fingerprint density at radius 3 is 2.23 bits per heavy atom. The summed E-state index contributed by atoms with van der Waals surface area (Å²) in [7, 11) is 0. The summed E-state index contributed by atoms with van der Waals surface area (Å²) >= 11 is -0.555. The Morgan fingerprint density at radius 2 is 1.70 bits per heavy atom. The molecule has 2 aromatic carbocycles. The first-order valence-electron chi connectivity index (χ1n) is 8.23. The lowest BCUT2D eigenvalue weighted by molar-refractivity contribution is -0.0328. The van der Waals surface area contributed by atoms with Gasteiger partial charge in [-0.05, 0) is 49.0 Å². The van der Waals surface area contributed by atoms with Crippen molar-refractivity contribution in [3.63, 3.8) is 0 Å². The quantitative estimate of drug-likeness (QED) is 0.363. The second kappa shape index (κ2) is 9.85. The number of hydrogen-bond donors (Lipinski definition) is 1. The van der Waals surface area contributed by atoms with Crippen LogP contribution in [0.5, 0.6) is 0 Å². The highest BCUT2D eigenvalue weighted by Gasteiger charge is 2.31. The van der Waals surface area contributed by atoms with E-state index in [0.717, 1.165) is 30.3 Å². The fourth-order valence-corrected chi connectivity index (χ4v) is 2.77. The number of halogens is 6. The number of rotatable bonds is 6. The molecule has 1 N–H and O–H groups in total. The molecule has 0 aliphatic heterocycles. The van der Waals surface area contributed by atoms with Gasteiger partial charge in [0.1, 0.15) is 29.7 Å². The lowest BCUT2D eigenvalue weighted by Crippen LogP contribution is -2.42. The molecule has 162 valence electrons. The number of alkyl halides is 3. The first kappa shape index (κ1) is 23.5. The van der Waals surface area contributed by atoms with Gasteiger partial charge in [-0.25, -0.2) is 22.9 Å². The number of benzene rings is 2. The molecule has 0 aromatic heterocycles. The fourth-order valence-electron chi connectivity index (χ4n) is 2.21. The Labute approximate surface area is 171 Å². The van der Waals surface area contributed by atoms with Gasteiger partial charge in [0.05, 0.1) is 5.69 Å². The van der Waals surface area contributed by atoms with Crippen molar-refractivity contribution in [2.45, 2.75) is 17.3 Å². The van der Waals surface area contributed by atoms with E-state index in [1.54, 1.807) is 0 Å². The van der Waals surface area contributed by atoms with Crippen LogP contribution in [0, 0.1) is 17.5 Å². The highest BCUT2D eigenvalue weighted by molar-refractivity contribution is 8.00. The average molecular weight is 452 g/mol. The number of amides is 3. The summed E-state index contributed by atoms with van der Waals surface area (Å²) < 4.78 is 84.0. The number of ether oxygens (including phenoxy) is 1. The van der Waals surface area contributed by atoms with Gasteiger partial charge in [-0.1, -0.05) is 6.07 Å². The molecule has 0 aliphatic carbocycles. The summed E-state index contributed by atoms with van der Waals surface area (Å²) in [4.78, 5) is 24.8. The van der Waals surface area contributed by atoms with Crippen LogP contribution in [0.4, 0.5) is 36.8 Å². The molecular weight excluding hydrogens is 438 g/mol. The number of urea groups is 1. The monoisotopic (exact) mass is 452 g/mol. The summed E-state index contributed by atoms with van der Waals surface area (Å²) in [6, 6.07) is 3.64. The first-order chi connectivity index (χ1) is 14.0. The molecule has 0 heterocycles. The summed E-state index contributed by atoms with van der Waals surface area (Å²) in [5.74, 6) is -5.05. The van der Waals surface area contributed by atoms with Crippen molar-refractivity contribution in [2.75, 3.05) is 18.7 Å². The van der Waals surface area contributed by atoms with E-state index in [2.05, 4.69) is 0 Å². The third kappa shape index (κ3) is 6.13. The highest BCUT2D eigenvalue weighted by atomic mass is 32.2. The van der Waals surface area contributed by atoms with Crippen LogP contribution in [0.1, 0.15) is 17.3 Å². The second-order valence-electron chi connectivity index (χ2n) is 5.57. The lowest BCUT2D eigenvalue weighted by Gasteiger charge is -2.21. The second-order valence-corrected chi connectivity index (χ2v) is 6.71. The Morgan fingerprint density at radius 1 is 1.07 bits per heavy atom. The summed E-state index contributed by atoms with van der Waals surface area (Å²) in [6.07, 6.45) is 0. The van der Waals surface area contributed by atoms with Crippen molar-refractivity contribution in [3.05, 3.63) is 59.4 Å². The van der Waals surface area contributed by atoms with Crippen LogP contribution in [0.3, 0.4) is 0 Å². The number of thioether (sulfide) groups is 1. The maximum atomic E-state index is 14.1. The Hall–Kier alpha value is -2.73. The van der Waals surface area contributed by atoms with Gasteiger partial charge in [-0.3, -0.25) is 4.79 Å². The van der Waals surface area contributed by atoms with Crippen molar-refractivity contribution in [1.29, 1.82) is 0 Å². The van der Waals surface area contributed by atoms with Gasteiger partial charge < -0.3 is 10.1 Å². The third-order valence-corrected chi connectivity index (χ3v) is 4.23. The molecule has 2 aromatic rings. The van der Waals surface area contributed by atoms with Crippen LogP contribution in [-0.4, -0.2) is 35.7 Å². The Balaban J connectivity index is 2.26. The Bertz CT molecular complexity index is 918.